The molecule has 0 bridgehead atoms. The number of carbonyl (C=O) groups excluding carboxylic acids is 1. The van der Waals surface area contributed by atoms with E-state index in [1.165, 1.54) is 6.92 Å². The van der Waals surface area contributed by atoms with Crippen LogP contribution in [0.25, 0.3) is 0 Å². The smallest absolute Gasteiger partial charge is 0.236 e. The Morgan fingerprint density at radius 1 is 1.50 bits per heavy atom. The fourth-order valence-electron chi connectivity index (χ4n) is 1.02. The zero-order valence-electron chi connectivity index (χ0n) is 8.67. The van der Waals surface area contributed by atoms with Crippen molar-refractivity contribution in [2.75, 3.05) is 0 Å². The fourth-order valence-corrected chi connectivity index (χ4v) is 1.02. The molecule has 0 radical (unpaired) electrons. The number of rotatable bonds is 3. The molecule has 0 fully saturated rings. The normalized spacial score (nSPS) is 11.5. The molecule has 1 aromatic carbocycles. The van der Waals surface area contributed by atoms with E-state index in [1.54, 1.807) is 0 Å². The van der Waals surface area contributed by atoms with Gasteiger partial charge in [-0.15, -0.1) is 12.4 Å². The largest absolute Gasteiger partial charge is 0.351 e. The summed E-state index contributed by atoms with van der Waals surface area (Å²) in [5, 5.41) is 2.40. The Morgan fingerprint density at radius 2 is 2.12 bits per heavy atom. The Labute approximate surface area is 98.4 Å². The molecule has 0 unspecified atom stereocenters. The van der Waals surface area contributed by atoms with Crippen LogP contribution in [0.1, 0.15) is 12.5 Å². The van der Waals surface area contributed by atoms with Gasteiger partial charge in [-0.25, -0.2) is 8.78 Å². The van der Waals surface area contributed by atoms with Gasteiger partial charge in [-0.1, -0.05) is 0 Å². The van der Waals surface area contributed by atoms with Crippen LogP contribution in [0.2, 0.25) is 0 Å². The molecule has 1 aromatic rings. The predicted molar refractivity (Wildman–Crippen MR) is 59.1 cm³/mol. The van der Waals surface area contributed by atoms with Crippen LogP contribution in [-0.4, -0.2) is 11.9 Å². The summed E-state index contributed by atoms with van der Waals surface area (Å²) in [6, 6.07) is 2.41. The zero-order valence-corrected chi connectivity index (χ0v) is 9.48. The van der Waals surface area contributed by atoms with Gasteiger partial charge in [-0.2, -0.15) is 0 Å². The third-order valence-corrected chi connectivity index (χ3v) is 1.87. The lowest BCUT2D eigenvalue weighted by molar-refractivity contribution is -0.122. The molecule has 1 amide bonds. The van der Waals surface area contributed by atoms with E-state index in [-0.39, 0.29) is 24.5 Å². The maximum atomic E-state index is 13.1. The van der Waals surface area contributed by atoms with Crippen LogP contribution in [0, 0.1) is 11.6 Å². The molecule has 1 rings (SSSR count). The highest BCUT2D eigenvalue weighted by Crippen LogP contribution is 2.08. The van der Waals surface area contributed by atoms with E-state index < -0.39 is 23.6 Å². The van der Waals surface area contributed by atoms with E-state index in [2.05, 4.69) is 5.32 Å². The van der Waals surface area contributed by atoms with Crippen molar-refractivity contribution in [3.63, 3.8) is 0 Å². The fraction of sp³-hybridized carbons (Fsp3) is 0.300. The van der Waals surface area contributed by atoms with Gasteiger partial charge >= 0.3 is 0 Å². The summed E-state index contributed by atoms with van der Waals surface area (Å²) >= 11 is 0. The van der Waals surface area contributed by atoms with Crippen molar-refractivity contribution in [2.45, 2.75) is 19.5 Å². The van der Waals surface area contributed by atoms with Crippen molar-refractivity contribution in [3.8, 4) is 0 Å². The lowest BCUT2D eigenvalue weighted by Gasteiger charge is -2.08. The molecule has 3 N–H and O–H groups in total. The second-order valence-electron chi connectivity index (χ2n) is 3.24. The lowest BCUT2D eigenvalue weighted by atomic mass is 10.2. The highest BCUT2D eigenvalue weighted by atomic mass is 35.5. The summed E-state index contributed by atoms with van der Waals surface area (Å²) in [6.07, 6.45) is 0. The molecule has 16 heavy (non-hydrogen) atoms. The Balaban J connectivity index is 0.00000225. The zero-order chi connectivity index (χ0) is 11.4. The van der Waals surface area contributed by atoms with Gasteiger partial charge in [0.05, 0.1) is 6.04 Å². The van der Waals surface area contributed by atoms with E-state index in [1.807, 2.05) is 0 Å². The molecule has 3 nitrogen and oxygen atoms in total. The van der Waals surface area contributed by atoms with Crippen LogP contribution in [-0.2, 0) is 11.3 Å². The van der Waals surface area contributed by atoms with E-state index in [0.717, 1.165) is 18.2 Å². The number of nitrogens with two attached hydrogens (primary N) is 1. The highest BCUT2D eigenvalue weighted by Gasteiger charge is 2.08. The Bertz CT molecular complexity index is 372. The van der Waals surface area contributed by atoms with Crippen LogP contribution in [0.5, 0.6) is 0 Å². The number of carbonyl (C=O) groups is 1. The third kappa shape index (κ3) is 4.12. The molecule has 90 valence electrons. The van der Waals surface area contributed by atoms with Crippen molar-refractivity contribution < 1.29 is 13.6 Å². The van der Waals surface area contributed by atoms with Gasteiger partial charge in [0, 0.05) is 12.1 Å². The van der Waals surface area contributed by atoms with Crippen LogP contribution in [0.3, 0.4) is 0 Å². The summed E-state index contributed by atoms with van der Waals surface area (Å²) in [5.41, 5.74) is 5.39. The van der Waals surface area contributed by atoms with Crippen molar-refractivity contribution in [1.29, 1.82) is 0 Å². The second-order valence-corrected chi connectivity index (χ2v) is 3.24. The molecule has 0 aliphatic rings. The molecule has 6 heteroatoms. The molecule has 1 atom stereocenters. The van der Waals surface area contributed by atoms with E-state index in [0.29, 0.717) is 0 Å². The van der Waals surface area contributed by atoms with Crippen molar-refractivity contribution in [2.24, 2.45) is 5.73 Å². The summed E-state index contributed by atoms with van der Waals surface area (Å²) in [7, 11) is 0. The maximum absolute atomic E-state index is 13.1. The number of amides is 1. The third-order valence-electron chi connectivity index (χ3n) is 1.87. The van der Waals surface area contributed by atoms with Crippen molar-refractivity contribution in [3.05, 3.63) is 35.4 Å². The molecule has 0 heterocycles. The molecule has 0 spiro atoms. The average molecular weight is 251 g/mol. The van der Waals surface area contributed by atoms with Crippen LogP contribution in [0.4, 0.5) is 8.78 Å². The predicted octanol–water partition coefficient (Wildman–Crippen LogP) is 1.35. The van der Waals surface area contributed by atoms with Crippen molar-refractivity contribution in [1.82, 2.24) is 5.32 Å². The Hall–Kier alpha value is -1.20. The standard InChI is InChI=1S/C10H12F2N2O.ClH/c1-6(13)10(15)14-5-7-4-8(11)2-3-9(7)12;/h2-4,6H,5,13H2,1H3,(H,14,15);1H/t6-;/m1./s1. The van der Waals surface area contributed by atoms with E-state index in [4.69, 9.17) is 5.73 Å². The number of nitrogens with one attached hydrogen (secondary N) is 1. The summed E-state index contributed by atoms with van der Waals surface area (Å²) < 4.78 is 25.8. The number of hydrogen-bond acceptors (Lipinski definition) is 2. The molecule has 0 aliphatic carbocycles. The minimum atomic E-state index is -0.665. The van der Waals surface area contributed by atoms with Gasteiger partial charge in [-0.05, 0) is 25.1 Å². The van der Waals surface area contributed by atoms with Crippen LogP contribution >= 0.6 is 12.4 Å². The van der Waals surface area contributed by atoms with Crippen LogP contribution < -0.4 is 11.1 Å². The molecular weight excluding hydrogens is 238 g/mol. The topological polar surface area (TPSA) is 55.1 Å². The summed E-state index contributed by atoms with van der Waals surface area (Å²) in [5.74, 6) is -1.50. The monoisotopic (exact) mass is 250 g/mol. The summed E-state index contributed by atoms with van der Waals surface area (Å²) in [4.78, 5) is 11.1. The van der Waals surface area contributed by atoms with Gasteiger partial charge in [-0.3, -0.25) is 4.79 Å². The first-order valence-electron chi connectivity index (χ1n) is 4.48. The Morgan fingerprint density at radius 3 is 2.69 bits per heavy atom. The van der Waals surface area contributed by atoms with Crippen LogP contribution in [0.15, 0.2) is 18.2 Å². The average Bonchev–Trinajstić information content (AvgIpc) is 2.18. The highest BCUT2D eigenvalue weighted by molar-refractivity contribution is 5.85. The quantitative estimate of drug-likeness (QED) is 0.851. The number of hydrogen-bond donors (Lipinski definition) is 2. The lowest BCUT2D eigenvalue weighted by Crippen LogP contribution is -2.37. The SMILES string of the molecule is C[C@@H](N)C(=O)NCc1cc(F)ccc1F.Cl. The number of halogens is 3. The molecule has 0 aliphatic heterocycles. The van der Waals surface area contributed by atoms with Gasteiger partial charge in [0.1, 0.15) is 11.6 Å². The molecule has 0 aromatic heterocycles. The van der Waals surface area contributed by atoms with Gasteiger partial charge in [0.25, 0.3) is 0 Å². The molecule has 0 saturated heterocycles. The second kappa shape index (κ2) is 6.40. The van der Waals surface area contributed by atoms with Gasteiger partial charge in [0.2, 0.25) is 5.91 Å². The maximum Gasteiger partial charge on any atom is 0.236 e. The molecule has 0 saturated carbocycles. The first-order valence-corrected chi connectivity index (χ1v) is 4.48. The first-order chi connectivity index (χ1) is 7.00. The first kappa shape index (κ1) is 14.8. The van der Waals surface area contributed by atoms with E-state index >= 15 is 0 Å². The minimum absolute atomic E-state index is 0. The van der Waals surface area contributed by atoms with Crippen molar-refractivity contribution >= 4 is 18.3 Å². The Kier molecular flexibility index (Phi) is 5.92. The molecular formula is C10H13ClF2N2O. The number of benzene rings is 1. The summed E-state index contributed by atoms with van der Waals surface area (Å²) in [6.45, 7) is 1.45. The minimum Gasteiger partial charge on any atom is -0.351 e. The van der Waals surface area contributed by atoms with Gasteiger partial charge in [0.15, 0.2) is 0 Å². The van der Waals surface area contributed by atoms with E-state index in [9.17, 15) is 13.6 Å². The van der Waals surface area contributed by atoms with Gasteiger partial charge < -0.3 is 11.1 Å².